The van der Waals surface area contributed by atoms with Gasteiger partial charge in [0.2, 0.25) is 5.91 Å². The summed E-state index contributed by atoms with van der Waals surface area (Å²) in [4.78, 5) is 16.1. The molecule has 0 bridgehead atoms. The molecular formula is C28H36Cl2N2O. The van der Waals surface area contributed by atoms with E-state index < -0.39 is 0 Å². The molecule has 33 heavy (non-hydrogen) atoms. The third-order valence-corrected chi connectivity index (χ3v) is 8.22. The molecule has 0 aromatic heterocycles. The van der Waals surface area contributed by atoms with Crippen molar-refractivity contribution in [2.24, 2.45) is 11.3 Å². The summed E-state index contributed by atoms with van der Waals surface area (Å²) in [5.74, 6) is 0.843. The van der Waals surface area contributed by atoms with Crippen LogP contribution >= 0.6 is 23.2 Å². The fraction of sp³-hybridized carbons (Fsp3) is 0.536. The molecule has 4 rings (SSSR count). The van der Waals surface area contributed by atoms with E-state index in [0.29, 0.717) is 22.4 Å². The van der Waals surface area contributed by atoms with Crippen molar-refractivity contribution in [2.45, 2.75) is 84.5 Å². The number of benzene rings is 2. The molecule has 2 aromatic carbocycles. The van der Waals surface area contributed by atoms with Crippen LogP contribution in [0.3, 0.4) is 0 Å². The van der Waals surface area contributed by atoms with Crippen LogP contribution < -0.4 is 5.32 Å². The minimum Gasteiger partial charge on any atom is -0.316 e. The number of nitrogens with zero attached hydrogens (tertiary/aromatic N) is 1. The summed E-state index contributed by atoms with van der Waals surface area (Å²) in [6.45, 7) is 11.3. The zero-order valence-electron chi connectivity index (χ0n) is 20.4. The van der Waals surface area contributed by atoms with Crippen LogP contribution in [0.25, 0.3) is 0 Å². The number of hydrogen-bond acceptors (Lipinski definition) is 2. The second-order valence-corrected chi connectivity index (χ2v) is 12.0. The molecule has 2 aromatic rings. The van der Waals surface area contributed by atoms with Crippen LogP contribution in [0.4, 0.5) is 0 Å². The van der Waals surface area contributed by atoms with Crippen LogP contribution in [0.1, 0.15) is 76.1 Å². The molecule has 2 unspecified atom stereocenters. The largest absolute Gasteiger partial charge is 0.316 e. The van der Waals surface area contributed by atoms with Crippen molar-refractivity contribution in [1.29, 1.82) is 0 Å². The average Bonchev–Trinajstić information content (AvgIpc) is 2.97. The first kappa shape index (κ1) is 24.6. The highest BCUT2D eigenvalue weighted by Crippen LogP contribution is 2.47. The van der Waals surface area contributed by atoms with Gasteiger partial charge >= 0.3 is 0 Å². The molecule has 2 atom stereocenters. The van der Waals surface area contributed by atoms with E-state index in [4.69, 9.17) is 23.2 Å². The molecule has 0 radical (unpaired) electrons. The Morgan fingerprint density at radius 1 is 1.06 bits per heavy atom. The normalized spacial score (nSPS) is 26.8. The van der Waals surface area contributed by atoms with Gasteiger partial charge in [-0.2, -0.15) is 0 Å². The minimum absolute atomic E-state index is 0.00439. The van der Waals surface area contributed by atoms with E-state index in [1.54, 1.807) is 6.07 Å². The van der Waals surface area contributed by atoms with Crippen LogP contribution in [0, 0.1) is 18.3 Å². The molecule has 1 aliphatic heterocycles. The van der Waals surface area contributed by atoms with Crippen molar-refractivity contribution in [3.8, 4) is 0 Å². The lowest BCUT2D eigenvalue weighted by Gasteiger charge is -2.48. The number of amides is 1. The number of nitrogens with one attached hydrogen (secondary N) is 1. The number of hydrogen-bond donors (Lipinski definition) is 1. The van der Waals surface area contributed by atoms with Gasteiger partial charge in [0.1, 0.15) is 0 Å². The van der Waals surface area contributed by atoms with Gasteiger partial charge in [0, 0.05) is 10.0 Å². The molecule has 3 nitrogen and oxygen atoms in total. The van der Waals surface area contributed by atoms with Crippen LogP contribution in [0.2, 0.25) is 10.0 Å². The lowest BCUT2D eigenvalue weighted by atomic mass is 9.69. The molecule has 1 spiro atoms. The Labute approximate surface area is 208 Å². The maximum absolute atomic E-state index is 13.9. The predicted molar refractivity (Wildman–Crippen MR) is 138 cm³/mol. The van der Waals surface area contributed by atoms with Crippen molar-refractivity contribution in [2.75, 3.05) is 0 Å². The average molecular weight is 488 g/mol. The lowest BCUT2D eigenvalue weighted by molar-refractivity contribution is -0.136. The number of carbonyl (C=O) groups is 1. The smallest absolute Gasteiger partial charge is 0.242 e. The Balaban J connectivity index is 1.64. The number of carbonyl (C=O) groups excluding carboxylic acids is 1. The first-order valence-electron chi connectivity index (χ1n) is 12.1. The molecular weight excluding hydrogens is 451 g/mol. The Kier molecular flexibility index (Phi) is 6.88. The van der Waals surface area contributed by atoms with Gasteiger partial charge in [-0.15, -0.1) is 0 Å². The van der Waals surface area contributed by atoms with Gasteiger partial charge < -0.3 is 4.90 Å². The van der Waals surface area contributed by atoms with Gasteiger partial charge in [0.05, 0.1) is 17.7 Å². The van der Waals surface area contributed by atoms with E-state index in [9.17, 15) is 4.79 Å². The Hall–Kier alpha value is -1.55. The predicted octanol–water partition coefficient (Wildman–Crippen LogP) is 7.34. The molecule has 1 saturated heterocycles. The van der Waals surface area contributed by atoms with E-state index in [1.165, 1.54) is 11.1 Å². The standard InChI is InChI=1S/C28H36Cl2N2O/c1-18-6-8-21(9-7-18)19(2)32-26(33)25(16-20-14-23(29)17-24(30)15-20)31-28(32)12-10-22(11-13-28)27(3,4)5/h6-9,14-15,17,19,22,25,31H,10-13,16H2,1-5H3. The quantitative estimate of drug-likeness (QED) is 0.489. The molecule has 1 amide bonds. The fourth-order valence-corrected chi connectivity index (χ4v) is 6.41. The van der Waals surface area contributed by atoms with Crippen LogP contribution in [0.15, 0.2) is 42.5 Å². The van der Waals surface area contributed by atoms with Gasteiger partial charge in [-0.3, -0.25) is 10.1 Å². The van der Waals surface area contributed by atoms with Crippen LogP contribution in [-0.4, -0.2) is 22.5 Å². The highest BCUT2D eigenvalue weighted by Gasteiger charge is 2.53. The lowest BCUT2D eigenvalue weighted by Crippen LogP contribution is -2.56. The summed E-state index contributed by atoms with van der Waals surface area (Å²) in [6.07, 6.45) is 4.78. The summed E-state index contributed by atoms with van der Waals surface area (Å²) < 4.78 is 0. The van der Waals surface area contributed by atoms with E-state index in [0.717, 1.165) is 31.2 Å². The van der Waals surface area contributed by atoms with Crippen LogP contribution in [0.5, 0.6) is 0 Å². The van der Waals surface area contributed by atoms with E-state index >= 15 is 0 Å². The summed E-state index contributed by atoms with van der Waals surface area (Å²) in [5, 5.41) is 5.03. The molecule has 1 heterocycles. The van der Waals surface area contributed by atoms with Gasteiger partial charge in [0.25, 0.3) is 0 Å². The highest BCUT2D eigenvalue weighted by molar-refractivity contribution is 6.34. The summed E-state index contributed by atoms with van der Waals surface area (Å²) in [7, 11) is 0. The van der Waals surface area contributed by atoms with Crippen molar-refractivity contribution < 1.29 is 4.79 Å². The monoisotopic (exact) mass is 486 g/mol. The van der Waals surface area contributed by atoms with E-state index in [2.05, 4.69) is 69.1 Å². The molecule has 178 valence electrons. The van der Waals surface area contributed by atoms with E-state index in [1.807, 2.05) is 12.1 Å². The molecule has 1 saturated carbocycles. The van der Waals surface area contributed by atoms with Crippen molar-refractivity contribution in [3.63, 3.8) is 0 Å². The molecule has 2 fully saturated rings. The third kappa shape index (κ3) is 5.11. The topological polar surface area (TPSA) is 32.3 Å². The number of aryl methyl sites for hydroxylation is 1. The number of rotatable bonds is 4. The maximum Gasteiger partial charge on any atom is 0.242 e. The second-order valence-electron chi connectivity index (χ2n) is 11.1. The van der Waals surface area contributed by atoms with Crippen LogP contribution in [-0.2, 0) is 11.2 Å². The molecule has 1 N–H and O–H groups in total. The first-order valence-corrected chi connectivity index (χ1v) is 12.9. The summed E-state index contributed by atoms with van der Waals surface area (Å²) >= 11 is 12.5. The maximum atomic E-state index is 13.9. The van der Waals surface area contributed by atoms with E-state index in [-0.39, 0.29) is 29.1 Å². The van der Waals surface area contributed by atoms with Gasteiger partial charge in [-0.05, 0) is 86.6 Å². The SMILES string of the molecule is Cc1ccc(C(C)N2C(=O)C(Cc3cc(Cl)cc(Cl)c3)NC23CCC(C(C)(C)C)CC3)cc1. The third-order valence-electron chi connectivity index (χ3n) is 7.79. The van der Waals surface area contributed by atoms with Crippen molar-refractivity contribution in [3.05, 3.63) is 69.2 Å². The Bertz CT molecular complexity index is 983. The number of halogens is 2. The first-order chi connectivity index (χ1) is 15.5. The zero-order valence-corrected chi connectivity index (χ0v) is 21.9. The zero-order chi connectivity index (χ0) is 24.0. The summed E-state index contributed by atoms with van der Waals surface area (Å²) in [5.41, 5.74) is 3.37. The second kappa shape index (κ2) is 9.24. The van der Waals surface area contributed by atoms with Gasteiger partial charge in [-0.1, -0.05) is 73.8 Å². The molecule has 1 aliphatic carbocycles. The summed E-state index contributed by atoms with van der Waals surface area (Å²) in [6, 6.07) is 13.9. The van der Waals surface area contributed by atoms with Gasteiger partial charge in [0.15, 0.2) is 0 Å². The van der Waals surface area contributed by atoms with Gasteiger partial charge in [-0.25, -0.2) is 0 Å². The minimum atomic E-state index is -0.309. The Morgan fingerprint density at radius 3 is 2.18 bits per heavy atom. The Morgan fingerprint density at radius 2 is 1.64 bits per heavy atom. The molecule has 5 heteroatoms. The van der Waals surface area contributed by atoms with Crippen molar-refractivity contribution in [1.82, 2.24) is 10.2 Å². The fourth-order valence-electron chi connectivity index (χ4n) is 5.84. The van der Waals surface area contributed by atoms with Crippen molar-refractivity contribution >= 4 is 29.1 Å². The highest BCUT2D eigenvalue weighted by atomic mass is 35.5. The molecule has 2 aliphatic rings.